The van der Waals surface area contributed by atoms with Crippen LogP contribution in [0.25, 0.3) is 0 Å². The molecule has 0 radical (unpaired) electrons. The van der Waals surface area contributed by atoms with E-state index in [2.05, 4.69) is 10.3 Å². The first-order valence-electron chi connectivity index (χ1n) is 6.52. The predicted molar refractivity (Wildman–Crippen MR) is 75.8 cm³/mol. The maximum Gasteiger partial charge on any atom is 0.275 e. The summed E-state index contributed by atoms with van der Waals surface area (Å²) in [6.45, 7) is 6.64. The Morgan fingerprint density at radius 1 is 1.74 bits per heavy atom. The Morgan fingerprint density at radius 2 is 2.47 bits per heavy atom. The van der Waals surface area contributed by atoms with Gasteiger partial charge in [0.25, 0.3) is 5.91 Å². The summed E-state index contributed by atoms with van der Waals surface area (Å²) in [6, 6.07) is 1.91. The highest BCUT2D eigenvalue weighted by atomic mass is 32.1. The molecular formula is C13H21N3O2S. The molecule has 1 fully saturated rings. The molecule has 0 spiro atoms. The van der Waals surface area contributed by atoms with E-state index < -0.39 is 0 Å². The van der Waals surface area contributed by atoms with Crippen LogP contribution in [0.1, 0.15) is 33.5 Å². The lowest BCUT2D eigenvalue weighted by molar-refractivity contribution is 0.0957. The van der Waals surface area contributed by atoms with Crippen LogP contribution in [0, 0.1) is 12.8 Å². The third kappa shape index (κ3) is 3.33. The lowest BCUT2D eigenvalue weighted by Gasteiger charge is -2.17. The van der Waals surface area contributed by atoms with Crippen molar-refractivity contribution in [2.75, 3.05) is 13.1 Å². The average molecular weight is 283 g/mol. The third-order valence-corrected chi connectivity index (χ3v) is 4.85. The highest BCUT2D eigenvalue weighted by Gasteiger charge is 2.26. The Kier molecular flexibility index (Phi) is 4.57. The number of likely N-dealkylation sites (tertiary alicyclic amines) is 1. The number of rotatable bonds is 4. The van der Waals surface area contributed by atoms with Crippen molar-refractivity contribution in [3.8, 4) is 0 Å². The van der Waals surface area contributed by atoms with E-state index in [0.29, 0.717) is 10.8 Å². The predicted octanol–water partition coefficient (Wildman–Crippen LogP) is 0.863. The molecule has 0 aliphatic carbocycles. The van der Waals surface area contributed by atoms with Gasteiger partial charge < -0.3 is 5.11 Å². The number of nitrogens with zero attached hydrogens (tertiary/aromatic N) is 1. The van der Waals surface area contributed by atoms with Gasteiger partial charge in [-0.15, -0.1) is 11.3 Å². The molecule has 1 aromatic heterocycles. The number of hydrogen-bond donors (Lipinski definition) is 3. The molecule has 1 saturated heterocycles. The Hall–Kier alpha value is -0.950. The summed E-state index contributed by atoms with van der Waals surface area (Å²) in [7, 11) is 0. The number of thiophene rings is 1. The molecule has 2 atom stereocenters. The number of carbonyl (C=O) groups is 1. The van der Waals surface area contributed by atoms with Gasteiger partial charge in [0.15, 0.2) is 0 Å². The zero-order valence-electron chi connectivity index (χ0n) is 11.3. The maximum atomic E-state index is 11.5. The second-order valence-corrected chi connectivity index (χ2v) is 6.45. The van der Waals surface area contributed by atoms with Crippen molar-refractivity contribution in [3.05, 3.63) is 21.4 Å². The molecule has 2 unspecified atom stereocenters. The molecule has 6 heteroatoms. The van der Waals surface area contributed by atoms with Crippen molar-refractivity contribution in [1.29, 1.82) is 0 Å². The molecule has 19 heavy (non-hydrogen) atoms. The zero-order chi connectivity index (χ0) is 14.0. The van der Waals surface area contributed by atoms with Gasteiger partial charge in [0.2, 0.25) is 0 Å². The SMILES string of the molecule is Cc1sc(C(=O)NN)cc1CN1CCC(C(C)O)C1. The van der Waals surface area contributed by atoms with Crippen LogP contribution in [0.2, 0.25) is 0 Å². The number of aryl methyl sites for hydroxylation is 1. The number of nitrogens with one attached hydrogen (secondary N) is 1. The molecule has 106 valence electrons. The first kappa shape index (κ1) is 14.5. The number of nitrogens with two attached hydrogens (primary N) is 1. The Balaban J connectivity index is 2.00. The van der Waals surface area contributed by atoms with Crippen LogP contribution in [-0.4, -0.2) is 35.1 Å². The number of aliphatic hydroxyl groups is 1. The van der Waals surface area contributed by atoms with Crippen molar-refractivity contribution in [2.45, 2.75) is 32.9 Å². The quantitative estimate of drug-likeness (QED) is 0.435. The summed E-state index contributed by atoms with van der Waals surface area (Å²) in [5.41, 5.74) is 3.34. The molecule has 1 aliphatic heterocycles. The number of amides is 1. The molecular weight excluding hydrogens is 262 g/mol. The van der Waals surface area contributed by atoms with Crippen LogP contribution < -0.4 is 11.3 Å². The van der Waals surface area contributed by atoms with Crippen LogP contribution >= 0.6 is 11.3 Å². The van der Waals surface area contributed by atoms with Gasteiger partial charge in [-0.25, -0.2) is 5.84 Å². The summed E-state index contributed by atoms with van der Waals surface area (Å²) in [4.78, 5) is 15.6. The summed E-state index contributed by atoms with van der Waals surface area (Å²) in [5.74, 6) is 5.28. The third-order valence-electron chi connectivity index (χ3n) is 3.76. The number of aliphatic hydroxyl groups excluding tert-OH is 1. The number of carbonyl (C=O) groups excluding carboxylic acids is 1. The lowest BCUT2D eigenvalue weighted by atomic mass is 10.0. The minimum atomic E-state index is -0.243. The second-order valence-electron chi connectivity index (χ2n) is 5.19. The van der Waals surface area contributed by atoms with E-state index in [4.69, 9.17) is 5.84 Å². The summed E-state index contributed by atoms with van der Waals surface area (Å²) >= 11 is 1.47. The van der Waals surface area contributed by atoms with Crippen molar-refractivity contribution < 1.29 is 9.90 Å². The number of hydrazine groups is 1. The van der Waals surface area contributed by atoms with E-state index >= 15 is 0 Å². The van der Waals surface area contributed by atoms with Gasteiger partial charge in [-0.05, 0) is 44.4 Å². The molecule has 4 N–H and O–H groups in total. The molecule has 5 nitrogen and oxygen atoms in total. The summed E-state index contributed by atoms with van der Waals surface area (Å²) in [6.07, 6.45) is 0.795. The van der Waals surface area contributed by atoms with Crippen LogP contribution in [0.15, 0.2) is 6.07 Å². The maximum absolute atomic E-state index is 11.5. The monoisotopic (exact) mass is 283 g/mol. The molecule has 0 aromatic carbocycles. The fourth-order valence-electron chi connectivity index (χ4n) is 2.50. The van der Waals surface area contributed by atoms with Crippen molar-refractivity contribution >= 4 is 17.2 Å². The number of nitrogen functional groups attached to an aromatic ring is 1. The molecule has 0 bridgehead atoms. The standard InChI is InChI=1S/C13H21N3O2S/c1-8(17)10-3-4-16(6-10)7-11-5-12(13(18)15-14)19-9(11)2/h5,8,10,17H,3-4,6-7,14H2,1-2H3,(H,15,18). The zero-order valence-corrected chi connectivity index (χ0v) is 12.2. The van der Waals surface area contributed by atoms with Crippen LogP contribution in [0.4, 0.5) is 0 Å². The first-order valence-corrected chi connectivity index (χ1v) is 7.33. The smallest absolute Gasteiger partial charge is 0.275 e. The largest absolute Gasteiger partial charge is 0.393 e. The minimum absolute atomic E-state index is 0.234. The average Bonchev–Trinajstić information content (AvgIpc) is 2.97. The Bertz CT molecular complexity index is 459. The van der Waals surface area contributed by atoms with Crippen LogP contribution in [0.3, 0.4) is 0 Å². The Morgan fingerprint density at radius 3 is 3.05 bits per heavy atom. The lowest BCUT2D eigenvalue weighted by Crippen LogP contribution is -2.29. The van der Waals surface area contributed by atoms with Crippen LogP contribution in [-0.2, 0) is 6.54 Å². The van der Waals surface area contributed by atoms with Gasteiger partial charge in [-0.3, -0.25) is 15.1 Å². The van der Waals surface area contributed by atoms with Crippen molar-refractivity contribution in [2.24, 2.45) is 11.8 Å². The van der Waals surface area contributed by atoms with Gasteiger partial charge in [-0.2, -0.15) is 0 Å². The van der Waals surface area contributed by atoms with E-state index in [0.717, 1.165) is 30.9 Å². The van der Waals surface area contributed by atoms with E-state index in [1.807, 2.05) is 19.9 Å². The molecule has 1 aliphatic rings. The normalized spacial score (nSPS) is 21.6. The molecule has 1 aromatic rings. The fraction of sp³-hybridized carbons (Fsp3) is 0.615. The summed E-state index contributed by atoms with van der Waals surface area (Å²) in [5, 5.41) is 9.61. The highest BCUT2D eigenvalue weighted by Crippen LogP contribution is 2.26. The van der Waals surface area contributed by atoms with Gasteiger partial charge in [0.1, 0.15) is 0 Å². The Labute approximate surface area is 117 Å². The van der Waals surface area contributed by atoms with E-state index in [9.17, 15) is 9.90 Å². The van der Waals surface area contributed by atoms with Gasteiger partial charge in [-0.1, -0.05) is 0 Å². The van der Waals surface area contributed by atoms with Gasteiger partial charge in [0, 0.05) is 18.0 Å². The van der Waals surface area contributed by atoms with Crippen LogP contribution in [0.5, 0.6) is 0 Å². The topological polar surface area (TPSA) is 78.6 Å². The molecule has 1 amide bonds. The van der Waals surface area contributed by atoms with E-state index in [1.54, 1.807) is 0 Å². The molecule has 2 heterocycles. The second kappa shape index (κ2) is 6.00. The fourth-order valence-corrected chi connectivity index (χ4v) is 3.44. The highest BCUT2D eigenvalue weighted by molar-refractivity contribution is 7.14. The van der Waals surface area contributed by atoms with Gasteiger partial charge in [0.05, 0.1) is 11.0 Å². The van der Waals surface area contributed by atoms with Crippen molar-refractivity contribution in [1.82, 2.24) is 10.3 Å². The van der Waals surface area contributed by atoms with E-state index in [1.165, 1.54) is 16.9 Å². The van der Waals surface area contributed by atoms with Gasteiger partial charge >= 0.3 is 0 Å². The van der Waals surface area contributed by atoms with Crippen molar-refractivity contribution in [3.63, 3.8) is 0 Å². The minimum Gasteiger partial charge on any atom is -0.393 e. The molecule has 2 rings (SSSR count). The van der Waals surface area contributed by atoms with E-state index in [-0.39, 0.29) is 12.0 Å². The number of hydrogen-bond acceptors (Lipinski definition) is 5. The first-order chi connectivity index (χ1) is 9.01. The molecule has 0 saturated carbocycles. The summed E-state index contributed by atoms with van der Waals surface area (Å²) < 4.78 is 0.